The molecule has 0 radical (unpaired) electrons. The van der Waals surface area contributed by atoms with Crippen molar-refractivity contribution < 1.29 is 0 Å². The molecule has 0 unspecified atom stereocenters. The second-order valence-corrected chi connectivity index (χ2v) is 8.79. The van der Waals surface area contributed by atoms with Crippen LogP contribution in [0.25, 0.3) is 0 Å². The number of unbranched alkanes of at least 4 members (excludes halogenated alkanes) is 1. The minimum absolute atomic E-state index is 0.270. The van der Waals surface area contributed by atoms with Gasteiger partial charge < -0.3 is 0 Å². The Morgan fingerprint density at radius 1 is 1.00 bits per heavy atom. The summed E-state index contributed by atoms with van der Waals surface area (Å²) in [6.07, 6.45) is 2.88. The summed E-state index contributed by atoms with van der Waals surface area (Å²) in [6, 6.07) is 0. The summed E-state index contributed by atoms with van der Waals surface area (Å²) in [4.78, 5) is 0. The summed E-state index contributed by atoms with van der Waals surface area (Å²) in [5.41, 5.74) is 0. The first kappa shape index (κ1) is 9.56. The predicted molar refractivity (Wildman–Crippen MR) is 46.4 cm³/mol. The van der Waals surface area contributed by atoms with Crippen molar-refractivity contribution in [2.45, 2.75) is 49.2 Å². The van der Waals surface area contributed by atoms with Crippen molar-refractivity contribution in [1.82, 2.24) is 0 Å². The Bertz CT molecular complexity index is 48.5. The van der Waals surface area contributed by atoms with Crippen LogP contribution in [-0.4, -0.2) is 14.7 Å². The predicted octanol–water partition coefficient (Wildman–Crippen LogP) is 3.32. The molecule has 0 aromatic heterocycles. The van der Waals surface area contributed by atoms with E-state index in [1.165, 1.54) is 23.3 Å². The molecule has 0 rings (SSSR count). The van der Waals surface area contributed by atoms with E-state index in [-0.39, 0.29) is 14.7 Å². The first-order chi connectivity index (χ1) is 4.35. The maximum absolute atomic E-state index is 2.36. The monoisotopic (exact) mass is 190 g/mol. The van der Waals surface area contributed by atoms with Crippen LogP contribution in [0.3, 0.4) is 0 Å². The number of hydrogen-bond donors (Lipinski definition) is 0. The SMILES string of the molecule is CCCC[As](CC)CC. The molecular formula is C8H19As. The zero-order chi connectivity index (χ0) is 7.11. The molecule has 0 N–H and O–H groups in total. The van der Waals surface area contributed by atoms with Gasteiger partial charge >= 0.3 is 63.9 Å². The zero-order valence-electron chi connectivity index (χ0n) is 6.98. The van der Waals surface area contributed by atoms with Crippen molar-refractivity contribution in [2.24, 2.45) is 0 Å². The topological polar surface area (TPSA) is 0 Å². The van der Waals surface area contributed by atoms with Crippen molar-refractivity contribution in [1.29, 1.82) is 0 Å². The van der Waals surface area contributed by atoms with E-state index in [1.807, 2.05) is 0 Å². The van der Waals surface area contributed by atoms with Gasteiger partial charge in [-0.15, -0.1) is 0 Å². The third-order valence-corrected chi connectivity index (χ3v) is 7.47. The van der Waals surface area contributed by atoms with Crippen LogP contribution in [-0.2, 0) is 0 Å². The summed E-state index contributed by atoms with van der Waals surface area (Å²) >= 11 is -0.270. The van der Waals surface area contributed by atoms with Crippen LogP contribution in [0.1, 0.15) is 33.6 Å². The molecule has 0 nitrogen and oxygen atoms in total. The third-order valence-electron chi connectivity index (χ3n) is 1.72. The van der Waals surface area contributed by atoms with Crippen molar-refractivity contribution >= 4 is 14.7 Å². The molecule has 0 amide bonds. The van der Waals surface area contributed by atoms with Gasteiger partial charge in [-0.2, -0.15) is 0 Å². The van der Waals surface area contributed by atoms with Crippen molar-refractivity contribution in [3.63, 3.8) is 0 Å². The fraction of sp³-hybridized carbons (Fsp3) is 1.00. The Morgan fingerprint density at radius 2 is 1.56 bits per heavy atom. The van der Waals surface area contributed by atoms with Gasteiger partial charge in [0.1, 0.15) is 0 Å². The molecule has 0 aliphatic heterocycles. The summed E-state index contributed by atoms with van der Waals surface area (Å²) in [5, 5.41) is 4.63. The molecule has 56 valence electrons. The van der Waals surface area contributed by atoms with E-state index in [4.69, 9.17) is 0 Å². The Morgan fingerprint density at radius 3 is 1.89 bits per heavy atom. The van der Waals surface area contributed by atoms with Gasteiger partial charge in [0.25, 0.3) is 0 Å². The molecule has 0 saturated carbocycles. The van der Waals surface area contributed by atoms with E-state index >= 15 is 0 Å². The minimum atomic E-state index is -0.270. The molecule has 0 aromatic carbocycles. The van der Waals surface area contributed by atoms with Crippen molar-refractivity contribution in [3.05, 3.63) is 0 Å². The zero-order valence-corrected chi connectivity index (χ0v) is 8.86. The molecule has 9 heavy (non-hydrogen) atoms. The summed E-state index contributed by atoms with van der Waals surface area (Å²) in [7, 11) is 0. The van der Waals surface area contributed by atoms with E-state index in [0.717, 1.165) is 0 Å². The van der Waals surface area contributed by atoms with Crippen LogP contribution in [0, 0.1) is 0 Å². The summed E-state index contributed by atoms with van der Waals surface area (Å²) in [5.74, 6) is 0. The molecule has 0 aliphatic rings. The van der Waals surface area contributed by atoms with Crippen LogP contribution in [0.5, 0.6) is 0 Å². The first-order valence-corrected chi connectivity index (χ1v) is 8.05. The Balaban J connectivity index is 3.09. The van der Waals surface area contributed by atoms with E-state index in [9.17, 15) is 0 Å². The van der Waals surface area contributed by atoms with Gasteiger partial charge in [-0.25, -0.2) is 0 Å². The molecule has 0 aliphatic carbocycles. The van der Waals surface area contributed by atoms with Crippen LogP contribution >= 0.6 is 0 Å². The second kappa shape index (κ2) is 6.68. The molecule has 0 aromatic rings. The fourth-order valence-corrected chi connectivity index (χ4v) is 4.79. The maximum atomic E-state index is 2.36. The second-order valence-electron chi connectivity index (χ2n) is 2.38. The van der Waals surface area contributed by atoms with Crippen LogP contribution in [0.2, 0.25) is 15.6 Å². The van der Waals surface area contributed by atoms with Crippen LogP contribution in [0.15, 0.2) is 0 Å². The quantitative estimate of drug-likeness (QED) is 0.583. The van der Waals surface area contributed by atoms with Gasteiger partial charge in [0.05, 0.1) is 0 Å². The molecule has 0 atom stereocenters. The normalized spacial score (nSPS) is 10.7. The van der Waals surface area contributed by atoms with Crippen LogP contribution in [0.4, 0.5) is 0 Å². The van der Waals surface area contributed by atoms with E-state index in [0.29, 0.717) is 0 Å². The van der Waals surface area contributed by atoms with Crippen molar-refractivity contribution in [2.75, 3.05) is 0 Å². The molecule has 0 heterocycles. The molecule has 0 saturated heterocycles. The third kappa shape index (κ3) is 5.03. The molecule has 1 heteroatoms. The average molecular weight is 190 g/mol. The Labute approximate surface area is 64.3 Å². The van der Waals surface area contributed by atoms with Gasteiger partial charge in [0.15, 0.2) is 0 Å². The van der Waals surface area contributed by atoms with E-state index in [2.05, 4.69) is 20.8 Å². The average Bonchev–Trinajstić information content (AvgIpc) is 1.91. The van der Waals surface area contributed by atoms with Gasteiger partial charge in [0.2, 0.25) is 0 Å². The summed E-state index contributed by atoms with van der Waals surface area (Å²) < 4.78 is 0. The number of rotatable bonds is 5. The Kier molecular flexibility index (Phi) is 7.09. The molecule has 0 spiro atoms. The van der Waals surface area contributed by atoms with E-state index < -0.39 is 0 Å². The van der Waals surface area contributed by atoms with E-state index in [1.54, 1.807) is 5.21 Å². The standard InChI is InChI=1S/C8H19As/c1-4-7-8-9(5-2)6-3/h4-8H2,1-3H3. The number of hydrogen-bond acceptors (Lipinski definition) is 0. The molecular weight excluding hydrogens is 171 g/mol. The fourth-order valence-electron chi connectivity index (χ4n) is 0.922. The van der Waals surface area contributed by atoms with Crippen molar-refractivity contribution in [3.8, 4) is 0 Å². The summed E-state index contributed by atoms with van der Waals surface area (Å²) in [6.45, 7) is 7.01. The molecule has 0 bridgehead atoms. The first-order valence-electron chi connectivity index (χ1n) is 4.07. The van der Waals surface area contributed by atoms with Gasteiger partial charge in [0, 0.05) is 0 Å². The van der Waals surface area contributed by atoms with Gasteiger partial charge in [-0.1, -0.05) is 0 Å². The molecule has 0 fully saturated rings. The van der Waals surface area contributed by atoms with Gasteiger partial charge in [-0.3, -0.25) is 0 Å². The Hall–Kier alpha value is 0.558. The van der Waals surface area contributed by atoms with Gasteiger partial charge in [-0.05, 0) is 0 Å². The van der Waals surface area contributed by atoms with Crippen LogP contribution < -0.4 is 0 Å².